The third kappa shape index (κ3) is 4.96. The highest BCUT2D eigenvalue weighted by Crippen LogP contribution is 2.11. The molecule has 0 atom stereocenters. The summed E-state index contributed by atoms with van der Waals surface area (Å²) in [5, 5.41) is 6.02. The van der Waals surface area contributed by atoms with E-state index in [1.165, 1.54) is 24.3 Å². The van der Waals surface area contributed by atoms with Crippen molar-refractivity contribution in [1.29, 1.82) is 0 Å². The summed E-state index contributed by atoms with van der Waals surface area (Å²) in [6, 6.07) is 6.90. The first kappa shape index (κ1) is 16.2. The van der Waals surface area contributed by atoms with Crippen LogP contribution in [0.15, 0.2) is 34.9 Å². The van der Waals surface area contributed by atoms with Gasteiger partial charge in [0.15, 0.2) is 15.7 Å². The molecular weight excluding hydrogens is 311 g/mol. The zero-order chi connectivity index (χ0) is 16.2. The van der Waals surface area contributed by atoms with Gasteiger partial charge in [0.05, 0.1) is 11.5 Å². The highest BCUT2D eigenvalue weighted by molar-refractivity contribution is 7.90. The van der Waals surface area contributed by atoms with Crippen LogP contribution in [0, 0.1) is 12.7 Å². The monoisotopic (exact) mass is 326 g/mol. The summed E-state index contributed by atoms with van der Waals surface area (Å²) in [4.78, 5) is 11.7. The quantitative estimate of drug-likeness (QED) is 0.877. The molecule has 1 heterocycles. The zero-order valence-electron chi connectivity index (χ0n) is 11.9. The first-order valence-corrected chi connectivity index (χ1v) is 8.34. The van der Waals surface area contributed by atoms with Gasteiger partial charge in [0.25, 0.3) is 0 Å². The van der Waals surface area contributed by atoms with E-state index in [0.717, 1.165) is 6.07 Å². The maximum atomic E-state index is 13.0. The Kier molecular flexibility index (Phi) is 4.92. The second-order valence-electron chi connectivity index (χ2n) is 4.84. The van der Waals surface area contributed by atoms with E-state index in [4.69, 9.17) is 4.52 Å². The number of halogens is 1. The molecule has 118 valence electrons. The number of hydrogen-bond acceptors (Lipinski definition) is 5. The van der Waals surface area contributed by atoms with Crippen molar-refractivity contribution in [3.63, 3.8) is 0 Å². The average Bonchev–Trinajstić information content (AvgIpc) is 2.81. The summed E-state index contributed by atoms with van der Waals surface area (Å²) in [6.45, 7) is 1.67. The van der Waals surface area contributed by atoms with Gasteiger partial charge in [-0.1, -0.05) is 17.3 Å². The Morgan fingerprint density at radius 2 is 2.14 bits per heavy atom. The Morgan fingerprint density at radius 3 is 2.77 bits per heavy atom. The molecule has 0 aliphatic carbocycles. The SMILES string of the molecule is Cc1cc(NC(=O)CCS(=O)(=O)Cc2cccc(F)c2)no1. The molecule has 0 spiro atoms. The van der Waals surface area contributed by atoms with E-state index in [0.29, 0.717) is 11.3 Å². The standard InChI is InChI=1S/C14H15FN2O4S/c1-10-7-13(17-21-10)16-14(18)5-6-22(19,20)9-11-3-2-4-12(15)8-11/h2-4,7-8H,5-6,9H2,1H3,(H,16,17,18). The number of hydrogen-bond donors (Lipinski definition) is 1. The lowest BCUT2D eigenvalue weighted by Gasteiger charge is -2.05. The Hall–Kier alpha value is -2.22. The van der Waals surface area contributed by atoms with E-state index in [9.17, 15) is 17.6 Å². The molecule has 0 bridgehead atoms. The number of sulfone groups is 1. The molecular formula is C14H15FN2O4S. The predicted molar refractivity (Wildman–Crippen MR) is 78.4 cm³/mol. The molecule has 0 radical (unpaired) electrons. The molecule has 6 nitrogen and oxygen atoms in total. The number of aryl methyl sites for hydroxylation is 1. The van der Waals surface area contributed by atoms with Crippen molar-refractivity contribution in [2.45, 2.75) is 19.1 Å². The van der Waals surface area contributed by atoms with Gasteiger partial charge >= 0.3 is 0 Å². The van der Waals surface area contributed by atoms with Gasteiger partial charge in [-0.3, -0.25) is 4.79 Å². The molecule has 1 amide bonds. The topological polar surface area (TPSA) is 89.3 Å². The first-order valence-electron chi connectivity index (χ1n) is 6.52. The molecule has 0 aliphatic heterocycles. The molecule has 2 aromatic rings. The van der Waals surface area contributed by atoms with Crippen LogP contribution < -0.4 is 5.32 Å². The van der Waals surface area contributed by atoms with Crippen LogP contribution in [0.25, 0.3) is 0 Å². The van der Waals surface area contributed by atoms with E-state index in [-0.39, 0.29) is 23.7 Å². The fraction of sp³-hybridized carbons (Fsp3) is 0.286. The van der Waals surface area contributed by atoms with Gasteiger partial charge in [0.2, 0.25) is 5.91 Å². The van der Waals surface area contributed by atoms with E-state index >= 15 is 0 Å². The van der Waals surface area contributed by atoms with Gasteiger partial charge in [-0.25, -0.2) is 12.8 Å². The van der Waals surface area contributed by atoms with Gasteiger partial charge < -0.3 is 9.84 Å². The van der Waals surface area contributed by atoms with Crippen molar-refractivity contribution in [2.24, 2.45) is 0 Å². The highest BCUT2D eigenvalue weighted by Gasteiger charge is 2.15. The Labute approximate surface area is 127 Å². The second-order valence-corrected chi connectivity index (χ2v) is 7.03. The van der Waals surface area contributed by atoms with Crippen LogP contribution in [0.3, 0.4) is 0 Å². The van der Waals surface area contributed by atoms with Gasteiger partial charge in [-0.15, -0.1) is 0 Å². The smallest absolute Gasteiger partial charge is 0.226 e. The largest absolute Gasteiger partial charge is 0.360 e. The predicted octanol–water partition coefficient (Wildman–Crippen LogP) is 2.07. The van der Waals surface area contributed by atoms with Crippen LogP contribution in [0.2, 0.25) is 0 Å². The van der Waals surface area contributed by atoms with Crippen molar-refractivity contribution >= 4 is 21.6 Å². The minimum Gasteiger partial charge on any atom is -0.360 e. The first-order chi connectivity index (χ1) is 10.3. The van der Waals surface area contributed by atoms with Gasteiger partial charge in [-0.05, 0) is 24.6 Å². The van der Waals surface area contributed by atoms with Crippen LogP contribution in [0.4, 0.5) is 10.2 Å². The maximum Gasteiger partial charge on any atom is 0.226 e. The number of rotatable bonds is 6. The third-order valence-corrected chi connectivity index (χ3v) is 4.41. The molecule has 1 aromatic heterocycles. The molecule has 0 aliphatic rings. The molecule has 8 heteroatoms. The third-order valence-electron chi connectivity index (χ3n) is 2.81. The highest BCUT2D eigenvalue weighted by atomic mass is 32.2. The number of nitrogens with one attached hydrogen (secondary N) is 1. The lowest BCUT2D eigenvalue weighted by Crippen LogP contribution is -2.18. The maximum absolute atomic E-state index is 13.0. The molecule has 0 fully saturated rings. The molecule has 2 rings (SSSR count). The normalized spacial score (nSPS) is 11.4. The van der Waals surface area contributed by atoms with Crippen LogP contribution in [0.1, 0.15) is 17.7 Å². The van der Waals surface area contributed by atoms with E-state index in [1.54, 1.807) is 6.92 Å². The summed E-state index contributed by atoms with van der Waals surface area (Å²) < 4.78 is 41.7. The number of carbonyl (C=O) groups excluding carboxylic acids is 1. The summed E-state index contributed by atoms with van der Waals surface area (Å²) in [5.74, 6) is -0.824. The number of carbonyl (C=O) groups is 1. The lowest BCUT2D eigenvalue weighted by atomic mass is 10.2. The van der Waals surface area contributed by atoms with Crippen LogP contribution in [-0.4, -0.2) is 25.2 Å². The van der Waals surface area contributed by atoms with Crippen molar-refractivity contribution < 1.29 is 22.1 Å². The van der Waals surface area contributed by atoms with Crippen molar-refractivity contribution in [1.82, 2.24) is 5.16 Å². The molecule has 0 saturated carbocycles. The molecule has 1 aromatic carbocycles. The van der Waals surface area contributed by atoms with Crippen molar-refractivity contribution in [3.05, 3.63) is 47.5 Å². The van der Waals surface area contributed by atoms with Crippen LogP contribution in [-0.2, 0) is 20.4 Å². The van der Waals surface area contributed by atoms with Gasteiger partial charge in [0.1, 0.15) is 11.6 Å². The molecule has 0 saturated heterocycles. The zero-order valence-corrected chi connectivity index (χ0v) is 12.7. The van der Waals surface area contributed by atoms with Crippen LogP contribution in [0.5, 0.6) is 0 Å². The van der Waals surface area contributed by atoms with Crippen molar-refractivity contribution in [3.8, 4) is 0 Å². The Morgan fingerprint density at radius 1 is 1.36 bits per heavy atom. The minimum absolute atomic E-state index is 0.205. The molecule has 0 unspecified atom stereocenters. The minimum atomic E-state index is -3.50. The summed E-state index contributed by atoms with van der Waals surface area (Å²) in [6.07, 6.45) is -0.205. The fourth-order valence-corrected chi connectivity index (χ4v) is 3.16. The van der Waals surface area contributed by atoms with Crippen molar-refractivity contribution in [2.75, 3.05) is 11.1 Å². The number of benzene rings is 1. The van der Waals surface area contributed by atoms with E-state index < -0.39 is 21.6 Å². The number of aromatic nitrogens is 1. The lowest BCUT2D eigenvalue weighted by molar-refractivity contribution is -0.115. The number of nitrogens with zero attached hydrogens (tertiary/aromatic N) is 1. The van der Waals surface area contributed by atoms with Gasteiger partial charge in [-0.2, -0.15) is 0 Å². The second kappa shape index (κ2) is 6.69. The number of anilines is 1. The number of amides is 1. The van der Waals surface area contributed by atoms with Crippen LogP contribution >= 0.6 is 0 Å². The summed E-state index contributed by atoms with van der Waals surface area (Å²) in [7, 11) is -3.50. The molecule has 22 heavy (non-hydrogen) atoms. The van der Waals surface area contributed by atoms with E-state index in [1.807, 2.05) is 0 Å². The average molecular weight is 326 g/mol. The molecule has 1 N–H and O–H groups in total. The summed E-state index contributed by atoms with van der Waals surface area (Å²) in [5.41, 5.74) is 0.354. The Bertz CT molecular complexity index is 771. The fourth-order valence-electron chi connectivity index (χ4n) is 1.83. The van der Waals surface area contributed by atoms with E-state index in [2.05, 4.69) is 10.5 Å². The Balaban J connectivity index is 1.88. The van der Waals surface area contributed by atoms with Gasteiger partial charge in [0, 0.05) is 12.5 Å². The summed E-state index contributed by atoms with van der Waals surface area (Å²) >= 11 is 0.